The van der Waals surface area contributed by atoms with Gasteiger partial charge in [-0.05, 0) is 51.7 Å². The van der Waals surface area contributed by atoms with Crippen LogP contribution in [0.25, 0.3) is 0 Å². The predicted molar refractivity (Wildman–Crippen MR) is 77.1 cm³/mol. The van der Waals surface area contributed by atoms with Crippen LogP contribution in [0.4, 0.5) is 0 Å². The first-order valence-corrected chi connectivity index (χ1v) is 7.48. The summed E-state index contributed by atoms with van der Waals surface area (Å²) in [7, 11) is 0. The van der Waals surface area contributed by atoms with Crippen molar-refractivity contribution in [3.05, 3.63) is 0 Å². The summed E-state index contributed by atoms with van der Waals surface area (Å²) in [6.45, 7) is 5.04. The molecule has 5 N–H and O–H groups in total. The molecule has 3 heteroatoms. The smallest absolute Gasteiger partial charge is 0.00675 e. The van der Waals surface area contributed by atoms with Gasteiger partial charge in [-0.25, -0.2) is 0 Å². The van der Waals surface area contributed by atoms with E-state index in [-0.39, 0.29) is 0 Å². The summed E-state index contributed by atoms with van der Waals surface area (Å²) in [5, 5.41) is 3.68. The van der Waals surface area contributed by atoms with Crippen LogP contribution in [0.1, 0.15) is 64.7 Å². The number of rotatable bonds is 13. The van der Waals surface area contributed by atoms with E-state index in [2.05, 4.69) is 12.2 Å². The number of nitrogens with two attached hydrogens (primary N) is 2. The first kappa shape index (κ1) is 16.9. The van der Waals surface area contributed by atoms with Gasteiger partial charge in [0.1, 0.15) is 0 Å². The van der Waals surface area contributed by atoms with Crippen molar-refractivity contribution in [3.63, 3.8) is 0 Å². The van der Waals surface area contributed by atoms with Gasteiger partial charge >= 0.3 is 0 Å². The van der Waals surface area contributed by atoms with Crippen molar-refractivity contribution in [3.8, 4) is 0 Å². The quantitative estimate of drug-likeness (QED) is 0.435. The largest absolute Gasteiger partial charge is 0.330 e. The molecule has 104 valence electrons. The molecular weight excluding hydrogens is 210 g/mol. The highest BCUT2D eigenvalue weighted by Gasteiger charge is 2.06. The fourth-order valence-electron chi connectivity index (χ4n) is 2.11. The Balaban J connectivity index is 3.53. The number of nitrogens with one attached hydrogen (secondary N) is 1. The van der Waals surface area contributed by atoms with Crippen LogP contribution < -0.4 is 16.8 Å². The molecule has 0 aromatic rings. The maximum Gasteiger partial charge on any atom is 0.00675 e. The van der Waals surface area contributed by atoms with E-state index in [9.17, 15) is 0 Å². The Kier molecular flexibility index (Phi) is 13.8. The molecule has 0 aromatic carbocycles. The van der Waals surface area contributed by atoms with Gasteiger partial charge in [0, 0.05) is 6.04 Å². The van der Waals surface area contributed by atoms with Crippen molar-refractivity contribution in [2.75, 3.05) is 19.6 Å². The van der Waals surface area contributed by atoms with E-state index in [1.165, 1.54) is 44.9 Å². The molecule has 0 saturated carbocycles. The molecule has 0 aromatic heterocycles. The first-order chi connectivity index (χ1) is 8.35. The number of hydrogen-bond acceptors (Lipinski definition) is 3. The standard InChI is InChI=1S/C14H33N3/c1-2-3-5-9-14(10-8-12-16)17-13-7-4-6-11-15/h14,17H,2-13,15-16H2,1H3. The van der Waals surface area contributed by atoms with Gasteiger partial charge in [-0.1, -0.05) is 32.6 Å². The average molecular weight is 243 g/mol. The third kappa shape index (κ3) is 12.1. The van der Waals surface area contributed by atoms with E-state index in [1.807, 2.05) is 0 Å². The third-order valence-electron chi connectivity index (χ3n) is 3.23. The van der Waals surface area contributed by atoms with Crippen molar-refractivity contribution >= 4 is 0 Å². The topological polar surface area (TPSA) is 64.1 Å². The summed E-state index contributed by atoms with van der Waals surface area (Å²) >= 11 is 0. The van der Waals surface area contributed by atoms with Crippen LogP contribution in [0.5, 0.6) is 0 Å². The van der Waals surface area contributed by atoms with Crippen molar-refractivity contribution in [2.45, 2.75) is 70.8 Å². The van der Waals surface area contributed by atoms with Crippen LogP contribution in [0, 0.1) is 0 Å². The third-order valence-corrected chi connectivity index (χ3v) is 3.23. The molecule has 3 nitrogen and oxygen atoms in total. The van der Waals surface area contributed by atoms with Crippen LogP contribution in [-0.2, 0) is 0 Å². The molecule has 0 bridgehead atoms. The molecule has 0 heterocycles. The minimum absolute atomic E-state index is 0.683. The van der Waals surface area contributed by atoms with E-state index < -0.39 is 0 Å². The van der Waals surface area contributed by atoms with Crippen LogP contribution in [0.3, 0.4) is 0 Å². The maximum absolute atomic E-state index is 5.58. The highest BCUT2D eigenvalue weighted by molar-refractivity contribution is 4.67. The molecule has 0 spiro atoms. The van der Waals surface area contributed by atoms with Gasteiger partial charge in [0.05, 0.1) is 0 Å². The van der Waals surface area contributed by atoms with Crippen molar-refractivity contribution in [1.82, 2.24) is 5.32 Å². The van der Waals surface area contributed by atoms with Gasteiger partial charge in [-0.2, -0.15) is 0 Å². The molecule has 1 atom stereocenters. The van der Waals surface area contributed by atoms with Crippen molar-refractivity contribution in [1.29, 1.82) is 0 Å². The van der Waals surface area contributed by atoms with Gasteiger partial charge in [-0.3, -0.25) is 0 Å². The molecule has 0 aliphatic heterocycles. The Labute approximate surface area is 108 Å². The Morgan fingerprint density at radius 3 is 2.18 bits per heavy atom. The molecule has 0 aliphatic carbocycles. The highest BCUT2D eigenvalue weighted by Crippen LogP contribution is 2.08. The molecule has 0 radical (unpaired) electrons. The van der Waals surface area contributed by atoms with E-state index in [1.54, 1.807) is 0 Å². The van der Waals surface area contributed by atoms with E-state index in [0.29, 0.717) is 6.04 Å². The molecule has 0 aliphatic rings. The maximum atomic E-state index is 5.58. The summed E-state index contributed by atoms with van der Waals surface area (Å²) < 4.78 is 0. The highest BCUT2D eigenvalue weighted by atomic mass is 14.9. The fraction of sp³-hybridized carbons (Fsp3) is 1.00. The Morgan fingerprint density at radius 2 is 1.53 bits per heavy atom. The van der Waals surface area contributed by atoms with Crippen LogP contribution in [0.15, 0.2) is 0 Å². The molecule has 0 saturated heterocycles. The van der Waals surface area contributed by atoms with E-state index >= 15 is 0 Å². The molecular formula is C14H33N3. The lowest BCUT2D eigenvalue weighted by Gasteiger charge is -2.18. The van der Waals surface area contributed by atoms with Gasteiger partial charge in [0.25, 0.3) is 0 Å². The second kappa shape index (κ2) is 13.9. The summed E-state index contributed by atoms with van der Waals surface area (Å²) in [5.74, 6) is 0. The Bertz CT molecular complexity index is 139. The minimum atomic E-state index is 0.683. The Hall–Kier alpha value is -0.120. The fourth-order valence-corrected chi connectivity index (χ4v) is 2.11. The van der Waals surface area contributed by atoms with Gasteiger partial charge < -0.3 is 16.8 Å². The van der Waals surface area contributed by atoms with Gasteiger partial charge in [0.15, 0.2) is 0 Å². The monoisotopic (exact) mass is 243 g/mol. The second-order valence-corrected chi connectivity index (χ2v) is 4.93. The van der Waals surface area contributed by atoms with Crippen LogP contribution in [0.2, 0.25) is 0 Å². The molecule has 0 fully saturated rings. The van der Waals surface area contributed by atoms with Crippen LogP contribution in [-0.4, -0.2) is 25.7 Å². The van der Waals surface area contributed by atoms with Gasteiger partial charge in [-0.15, -0.1) is 0 Å². The lowest BCUT2D eigenvalue weighted by molar-refractivity contribution is 0.420. The second-order valence-electron chi connectivity index (χ2n) is 4.93. The van der Waals surface area contributed by atoms with E-state index in [4.69, 9.17) is 11.5 Å². The van der Waals surface area contributed by atoms with Crippen LogP contribution >= 0.6 is 0 Å². The zero-order valence-corrected chi connectivity index (χ0v) is 11.7. The summed E-state index contributed by atoms with van der Waals surface area (Å²) in [6.07, 6.45) is 11.4. The SMILES string of the molecule is CCCCCC(CCCN)NCCCCCN. The number of hydrogen-bond donors (Lipinski definition) is 3. The zero-order valence-electron chi connectivity index (χ0n) is 11.7. The summed E-state index contributed by atoms with van der Waals surface area (Å²) in [6, 6.07) is 0.683. The Morgan fingerprint density at radius 1 is 0.824 bits per heavy atom. The molecule has 1 unspecified atom stereocenters. The minimum Gasteiger partial charge on any atom is -0.330 e. The van der Waals surface area contributed by atoms with Crippen molar-refractivity contribution < 1.29 is 0 Å². The first-order valence-electron chi connectivity index (χ1n) is 7.48. The molecule has 0 rings (SSSR count). The number of unbranched alkanes of at least 4 members (excludes halogenated alkanes) is 4. The summed E-state index contributed by atoms with van der Waals surface area (Å²) in [5.41, 5.74) is 11.1. The van der Waals surface area contributed by atoms with Gasteiger partial charge in [0.2, 0.25) is 0 Å². The van der Waals surface area contributed by atoms with E-state index in [0.717, 1.165) is 32.5 Å². The molecule has 17 heavy (non-hydrogen) atoms. The molecule has 0 amide bonds. The lowest BCUT2D eigenvalue weighted by Crippen LogP contribution is -2.30. The zero-order chi connectivity index (χ0) is 12.8. The summed E-state index contributed by atoms with van der Waals surface area (Å²) in [4.78, 5) is 0. The predicted octanol–water partition coefficient (Wildman–Crippen LogP) is 2.39. The normalized spacial score (nSPS) is 12.9. The average Bonchev–Trinajstić information content (AvgIpc) is 2.35. The lowest BCUT2D eigenvalue weighted by atomic mass is 10.0. The van der Waals surface area contributed by atoms with Crippen molar-refractivity contribution in [2.24, 2.45) is 11.5 Å².